The van der Waals surface area contributed by atoms with Crippen molar-refractivity contribution in [3.63, 3.8) is 0 Å². The Morgan fingerprint density at radius 1 is 0.725 bits per heavy atom. The van der Waals surface area contributed by atoms with Crippen LogP contribution in [0.25, 0.3) is 0 Å². The molecule has 2 aromatic rings. The van der Waals surface area contributed by atoms with Crippen LogP contribution in [0.5, 0.6) is 5.75 Å². The lowest BCUT2D eigenvalue weighted by Gasteiger charge is -2.19. The van der Waals surface area contributed by atoms with Crippen LogP contribution in [0, 0.1) is 0 Å². The van der Waals surface area contributed by atoms with Crippen LogP contribution in [0.15, 0.2) is 54.6 Å². The first-order chi connectivity index (χ1) is 19.1. The molecule has 0 aliphatic heterocycles. The van der Waals surface area contributed by atoms with Crippen LogP contribution in [0.4, 0.5) is 0 Å². The van der Waals surface area contributed by atoms with Gasteiger partial charge in [-0.3, -0.25) is 24.0 Å². The van der Waals surface area contributed by atoms with Crippen molar-refractivity contribution in [1.29, 1.82) is 0 Å². The van der Waals surface area contributed by atoms with Gasteiger partial charge in [0.2, 0.25) is 23.6 Å². The lowest BCUT2D eigenvalue weighted by Crippen LogP contribution is -2.51. The van der Waals surface area contributed by atoms with E-state index in [2.05, 4.69) is 21.3 Å². The number of phenols is 1. The van der Waals surface area contributed by atoms with E-state index in [4.69, 9.17) is 10.8 Å². The number of nitrogens with two attached hydrogens (primary N) is 1. The van der Waals surface area contributed by atoms with Crippen LogP contribution < -0.4 is 27.0 Å². The minimum absolute atomic E-state index is 0.0721. The minimum Gasteiger partial charge on any atom is -0.508 e. The summed E-state index contributed by atoms with van der Waals surface area (Å²) in [5.74, 6) is -2.89. The highest BCUT2D eigenvalue weighted by atomic mass is 16.4. The Hall–Kier alpha value is -4.45. The van der Waals surface area contributed by atoms with Gasteiger partial charge in [0, 0.05) is 19.4 Å². The van der Waals surface area contributed by atoms with Gasteiger partial charge in [-0.2, -0.15) is 0 Å². The smallest absolute Gasteiger partial charge is 0.303 e. The summed E-state index contributed by atoms with van der Waals surface area (Å²) in [6.45, 7) is -0.446. The molecule has 2 rings (SSSR count). The van der Waals surface area contributed by atoms with Crippen molar-refractivity contribution in [2.24, 2.45) is 5.73 Å². The van der Waals surface area contributed by atoms with Crippen molar-refractivity contribution in [1.82, 2.24) is 21.3 Å². The van der Waals surface area contributed by atoms with E-state index in [9.17, 15) is 29.1 Å². The molecule has 0 fully saturated rings. The van der Waals surface area contributed by atoms with Gasteiger partial charge in [0.05, 0.1) is 19.1 Å². The number of phenolic OH excluding ortho intramolecular Hbond substituents is 1. The number of benzene rings is 2. The van der Waals surface area contributed by atoms with Crippen molar-refractivity contribution in [3.8, 4) is 5.75 Å². The fourth-order valence-electron chi connectivity index (χ4n) is 3.74. The third-order valence-electron chi connectivity index (χ3n) is 5.90. The summed E-state index contributed by atoms with van der Waals surface area (Å²) < 4.78 is 0. The predicted molar refractivity (Wildman–Crippen MR) is 147 cm³/mol. The summed E-state index contributed by atoms with van der Waals surface area (Å²) in [6.07, 6.45) is 2.28. The van der Waals surface area contributed by atoms with Crippen LogP contribution in [0.3, 0.4) is 0 Å². The van der Waals surface area contributed by atoms with Crippen molar-refractivity contribution in [2.45, 2.75) is 50.6 Å². The summed E-state index contributed by atoms with van der Waals surface area (Å²) >= 11 is 0. The van der Waals surface area contributed by atoms with Crippen LogP contribution in [-0.4, -0.2) is 71.5 Å². The molecule has 8 N–H and O–H groups in total. The molecule has 0 aliphatic carbocycles. The van der Waals surface area contributed by atoms with E-state index in [0.717, 1.165) is 11.1 Å². The average molecular weight is 556 g/mol. The molecule has 2 aromatic carbocycles. The molecule has 12 heteroatoms. The molecule has 2 atom stereocenters. The Balaban J connectivity index is 1.77. The molecular formula is C28H37N5O7. The van der Waals surface area contributed by atoms with E-state index in [1.165, 1.54) is 12.1 Å². The summed E-state index contributed by atoms with van der Waals surface area (Å²) in [4.78, 5) is 60.3. The van der Waals surface area contributed by atoms with Gasteiger partial charge in [-0.05, 0) is 42.5 Å². The monoisotopic (exact) mass is 555 g/mol. The Morgan fingerprint density at radius 3 is 2.05 bits per heavy atom. The van der Waals surface area contributed by atoms with E-state index in [1.54, 1.807) is 12.1 Å². The predicted octanol–water partition coefficient (Wildman–Crippen LogP) is -0.0169. The maximum Gasteiger partial charge on any atom is 0.303 e. The molecule has 12 nitrogen and oxygen atoms in total. The first-order valence-electron chi connectivity index (χ1n) is 13.0. The van der Waals surface area contributed by atoms with Crippen molar-refractivity contribution in [3.05, 3.63) is 65.7 Å². The first kappa shape index (κ1) is 31.8. The van der Waals surface area contributed by atoms with Gasteiger partial charge in [-0.1, -0.05) is 48.9 Å². The molecule has 0 heterocycles. The highest BCUT2D eigenvalue weighted by Crippen LogP contribution is 2.11. The van der Waals surface area contributed by atoms with Crippen LogP contribution in [0.2, 0.25) is 0 Å². The summed E-state index contributed by atoms with van der Waals surface area (Å²) in [6, 6.07) is 13.6. The maximum absolute atomic E-state index is 12.8. The number of rotatable bonds is 17. The van der Waals surface area contributed by atoms with Gasteiger partial charge in [0.1, 0.15) is 11.8 Å². The molecular weight excluding hydrogens is 518 g/mol. The summed E-state index contributed by atoms with van der Waals surface area (Å²) in [5.41, 5.74) is 7.46. The molecule has 0 aliphatic rings. The second kappa shape index (κ2) is 17.2. The number of carbonyl (C=O) groups is 5. The summed E-state index contributed by atoms with van der Waals surface area (Å²) in [5, 5.41) is 28.3. The number of aliphatic carboxylic acids is 1. The normalized spacial score (nSPS) is 12.0. The number of carboxylic acid groups (broad SMARTS) is 1. The summed E-state index contributed by atoms with van der Waals surface area (Å²) in [7, 11) is 0. The molecule has 0 spiro atoms. The molecule has 0 radical (unpaired) electrons. The van der Waals surface area contributed by atoms with E-state index in [-0.39, 0.29) is 31.6 Å². The first-order valence-corrected chi connectivity index (χ1v) is 13.0. The molecule has 216 valence electrons. The topological polar surface area (TPSA) is 200 Å². The fraction of sp³-hybridized carbons (Fsp3) is 0.393. The zero-order valence-corrected chi connectivity index (χ0v) is 22.2. The van der Waals surface area contributed by atoms with E-state index >= 15 is 0 Å². The quantitative estimate of drug-likeness (QED) is 0.132. The Labute approximate surface area is 232 Å². The lowest BCUT2D eigenvalue weighted by atomic mass is 10.0. The lowest BCUT2D eigenvalue weighted by molar-refractivity contribution is -0.137. The molecule has 0 bridgehead atoms. The molecule has 4 amide bonds. The number of carbonyl (C=O) groups excluding carboxylic acids is 4. The number of aromatic hydroxyl groups is 1. The van der Waals surface area contributed by atoms with Crippen molar-refractivity contribution < 1.29 is 34.2 Å². The Morgan fingerprint density at radius 2 is 1.38 bits per heavy atom. The van der Waals surface area contributed by atoms with Crippen LogP contribution in [-0.2, 0) is 36.8 Å². The SMILES string of the molecule is NC(Cc1ccc(O)cc1)C(=O)NCC(=O)NCC(=O)NC(Cc1ccccc1)C(=O)NCCCCCC(=O)O. The Kier molecular flexibility index (Phi) is 13.7. The third-order valence-corrected chi connectivity index (χ3v) is 5.90. The van der Waals surface area contributed by atoms with E-state index in [0.29, 0.717) is 25.8 Å². The molecule has 40 heavy (non-hydrogen) atoms. The average Bonchev–Trinajstić information content (AvgIpc) is 2.93. The number of nitrogens with one attached hydrogen (secondary N) is 4. The van der Waals surface area contributed by atoms with Gasteiger partial charge in [-0.15, -0.1) is 0 Å². The van der Waals surface area contributed by atoms with Gasteiger partial charge in [0.25, 0.3) is 0 Å². The highest BCUT2D eigenvalue weighted by Gasteiger charge is 2.21. The van der Waals surface area contributed by atoms with Gasteiger partial charge >= 0.3 is 5.97 Å². The third kappa shape index (κ3) is 12.9. The number of unbranched alkanes of at least 4 members (excludes halogenated alkanes) is 2. The largest absolute Gasteiger partial charge is 0.508 e. The molecule has 0 aromatic heterocycles. The van der Waals surface area contributed by atoms with Crippen molar-refractivity contribution in [2.75, 3.05) is 19.6 Å². The van der Waals surface area contributed by atoms with Crippen molar-refractivity contribution >= 4 is 29.6 Å². The zero-order valence-electron chi connectivity index (χ0n) is 22.2. The van der Waals surface area contributed by atoms with Gasteiger partial charge in [-0.25, -0.2) is 0 Å². The molecule has 2 unspecified atom stereocenters. The highest BCUT2D eigenvalue weighted by molar-refractivity contribution is 5.92. The Bertz CT molecular complexity index is 1130. The van der Waals surface area contributed by atoms with E-state index in [1.807, 2.05) is 30.3 Å². The minimum atomic E-state index is -0.907. The number of hydrogen-bond acceptors (Lipinski definition) is 7. The maximum atomic E-state index is 12.8. The number of carboxylic acids is 1. The van der Waals surface area contributed by atoms with Crippen LogP contribution in [0.1, 0.15) is 36.8 Å². The molecule has 0 saturated heterocycles. The van der Waals surface area contributed by atoms with Gasteiger partial charge < -0.3 is 37.2 Å². The van der Waals surface area contributed by atoms with Gasteiger partial charge in [0.15, 0.2) is 0 Å². The number of hydrogen-bond donors (Lipinski definition) is 7. The fourth-order valence-corrected chi connectivity index (χ4v) is 3.74. The molecule has 0 saturated carbocycles. The number of amides is 4. The standard InChI is InChI=1S/C28H37N5O7/c29-22(15-20-10-12-21(34)13-11-20)27(39)32-17-24(35)31-18-25(36)33-23(16-19-7-3-1-4-8-19)28(40)30-14-6-2-5-9-26(37)38/h1,3-4,7-8,10-13,22-23,34H,2,5-6,9,14-18,29H2,(H,30,40)(H,31,35)(H,32,39)(H,33,36)(H,37,38). The van der Waals surface area contributed by atoms with Crippen LogP contribution >= 0.6 is 0 Å². The zero-order chi connectivity index (χ0) is 29.3. The second-order valence-corrected chi connectivity index (χ2v) is 9.28. The second-order valence-electron chi connectivity index (χ2n) is 9.28. The van der Waals surface area contributed by atoms with E-state index < -0.39 is 48.2 Å².